The van der Waals surface area contributed by atoms with Gasteiger partial charge in [-0.25, -0.2) is 0 Å². The van der Waals surface area contributed by atoms with Crippen LogP contribution in [0.3, 0.4) is 0 Å². The van der Waals surface area contributed by atoms with Crippen LogP contribution in [-0.2, 0) is 4.74 Å². The fourth-order valence-electron chi connectivity index (χ4n) is 5.80. The average Bonchev–Trinajstić information content (AvgIpc) is 3.37. The number of nitrogens with one attached hydrogen (secondary N) is 1. The maximum absolute atomic E-state index is 13.1. The van der Waals surface area contributed by atoms with Gasteiger partial charge in [0.25, 0.3) is 5.91 Å². The molecule has 0 unspecified atom stereocenters. The van der Waals surface area contributed by atoms with Gasteiger partial charge in [-0.2, -0.15) is 4.37 Å². The summed E-state index contributed by atoms with van der Waals surface area (Å²) in [7, 11) is 0. The van der Waals surface area contributed by atoms with Gasteiger partial charge in [-0.3, -0.25) is 4.79 Å². The fraction of sp³-hybridized carbons (Fsp3) is 0.636. The number of hydrogen-bond donors (Lipinski definition) is 1. The van der Waals surface area contributed by atoms with Crippen LogP contribution in [0.2, 0.25) is 0 Å². The van der Waals surface area contributed by atoms with Gasteiger partial charge in [-0.05, 0) is 60.8 Å². The highest BCUT2D eigenvalue weighted by Crippen LogP contribution is 2.40. The van der Waals surface area contributed by atoms with Crippen molar-refractivity contribution in [1.29, 1.82) is 0 Å². The Labute approximate surface area is 169 Å². The van der Waals surface area contributed by atoms with Crippen molar-refractivity contribution in [2.24, 2.45) is 11.8 Å². The van der Waals surface area contributed by atoms with Crippen molar-refractivity contribution in [1.82, 2.24) is 9.69 Å². The lowest BCUT2D eigenvalue weighted by Gasteiger charge is -2.37. The van der Waals surface area contributed by atoms with Crippen molar-refractivity contribution >= 4 is 33.2 Å². The molecule has 4 heterocycles. The summed E-state index contributed by atoms with van der Waals surface area (Å²) in [6.07, 6.45) is 10.7. The van der Waals surface area contributed by atoms with Crippen LogP contribution in [0.25, 0.3) is 10.1 Å². The summed E-state index contributed by atoms with van der Waals surface area (Å²) in [6, 6.07) is 6.68. The molecule has 5 nitrogen and oxygen atoms in total. The van der Waals surface area contributed by atoms with Crippen LogP contribution < -0.4 is 10.2 Å². The highest BCUT2D eigenvalue weighted by atomic mass is 32.1. The van der Waals surface area contributed by atoms with E-state index in [0.717, 1.165) is 35.4 Å². The molecule has 1 N–H and O–H groups in total. The molecular formula is C22H27N3O2S. The molecule has 3 saturated carbocycles. The van der Waals surface area contributed by atoms with E-state index >= 15 is 0 Å². The van der Waals surface area contributed by atoms with Gasteiger partial charge >= 0.3 is 0 Å². The summed E-state index contributed by atoms with van der Waals surface area (Å²) < 4.78 is 11.4. The summed E-state index contributed by atoms with van der Waals surface area (Å²) in [6.45, 7) is 0.978. The number of benzene rings is 1. The molecule has 1 amide bonds. The molecule has 2 aromatic rings. The Morgan fingerprint density at radius 3 is 2.82 bits per heavy atom. The maximum Gasteiger partial charge on any atom is 0.271 e. The van der Waals surface area contributed by atoms with Crippen LogP contribution in [0.4, 0.5) is 5.69 Å². The van der Waals surface area contributed by atoms with E-state index in [0.29, 0.717) is 23.8 Å². The normalized spacial score (nSPS) is 34.1. The molecule has 6 fully saturated rings. The summed E-state index contributed by atoms with van der Waals surface area (Å²) in [5, 5.41) is 4.34. The minimum Gasteiger partial charge on any atom is -0.353 e. The standard InChI is InChI=1S/C22H27N3O2S/c26-22(23-18-3-1-2-13-4-6-14(18)7-5-13)21-17-9-8-15(10-19(17)28-24-21)25-12-16-11-20(25)27-16/h8-10,13-14,16,18,20H,1-7,11-12H2,(H,23,26)/t13?,14?,16-,18+,20+/m0/s1. The van der Waals surface area contributed by atoms with E-state index in [1.54, 1.807) is 0 Å². The predicted octanol–water partition coefficient (Wildman–Crippen LogP) is 4.32. The van der Waals surface area contributed by atoms with Crippen LogP contribution in [0, 0.1) is 11.8 Å². The van der Waals surface area contributed by atoms with Gasteiger partial charge in [0.2, 0.25) is 0 Å². The zero-order valence-electron chi connectivity index (χ0n) is 16.1. The van der Waals surface area contributed by atoms with Crippen molar-refractivity contribution in [2.45, 2.75) is 69.7 Å². The number of nitrogens with zero attached hydrogens (tertiary/aromatic N) is 2. The Bertz CT molecular complexity index is 896. The Morgan fingerprint density at radius 1 is 1.18 bits per heavy atom. The number of carbonyl (C=O) groups excluding carboxylic acids is 1. The molecule has 4 bridgehead atoms. The van der Waals surface area contributed by atoms with Gasteiger partial charge in [0.05, 0.1) is 10.8 Å². The van der Waals surface area contributed by atoms with Crippen LogP contribution in [0.15, 0.2) is 18.2 Å². The van der Waals surface area contributed by atoms with Crippen LogP contribution >= 0.6 is 11.5 Å². The second kappa shape index (κ2) is 6.70. The number of rotatable bonds is 3. The first-order chi connectivity index (χ1) is 13.7. The van der Waals surface area contributed by atoms with Gasteiger partial charge in [-0.1, -0.05) is 25.7 Å². The second-order valence-electron chi connectivity index (χ2n) is 9.10. The number of amides is 1. The largest absolute Gasteiger partial charge is 0.353 e. The third-order valence-electron chi connectivity index (χ3n) is 7.47. The van der Waals surface area contributed by atoms with Crippen LogP contribution in [-0.4, -0.2) is 35.2 Å². The van der Waals surface area contributed by atoms with Crippen molar-refractivity contribution in [3.63, 3.8) is 0 Å². The topological polar surface area (TPSA) is 54.5 Å². The van der Waals surface area contributed by atoms with Gasteiger partial charge in [-0.15, -0.1) is 0 Å². The third kappa shape index (κ3) is 2.84. The third-order valence-corrected chi connectivity index (χ3v) is 8.28. The molecule has 8 rings (SSSR count). The van der Waals surface area contributed by atoms with E-state index in [-0.39, 0.29) is 12.1 Å². The first-order valence-corrected chi connectivity index (χ1v) is 11.6. The van der Waals surface area contributed by atoms with E-state index in [4.69, 9.17) is 4.74 Å². The number of hydrogen-bond acceptors (Lipinski definition) is 5. The lowest BCUT2D eigenvalue weighted by Crippen LogP contribution is -2.43. The van der Waals surface area contributed by atoms with Gasteiger partial charge in [0.1, 0.15) is 11.9 Å². The van der Waals surface area contributed by atoms with E-state index < -0.39 is 0 Å². The monoisotopic (exact) mass is 397 g/mol. The highest BCUT2D eigenvalue weighted by Gasteiger charge is 2.44. The van der Waals surface area contributed by atoms with Crippen molar-refractivity contribution in [3.8, 4) is 0 Å². The number of aromatic nitrogens is 1. The van der Waals surface area contributed by atoms with Crippen molar-refractivity contribution < 1.29 is 9.53 Å². The molecule has 1 aromatic carbocycles. The SMILES string of the molecule is O=C(N[C@@H]1CCCC2CCC1CC2)c1nsc2cc(N3C[C@@H]4C[C@H]3O4)ccc12. The van der Waals surface area contributed by atoms with Crippen LogP contribution in [0.1, 0.15) is 61.9 Å². The number of anilines is 1. The average molecular weight is 398 g/mol. The zero-order valence-corrected chi connectivity index (χ0v) is 16.9. The van der Waals surface area contributed by atoms with Gasteiger partial charge in [0, 0.05) is 30.1 Å². The quantitative estimate of drug-likeness (QED) is 0.838. The van der Waals surface area contributed by atoms with Crippen molar-refractivity contribution in [2.75, 3.05) is 11.4 Å². The molecule has 6 heteroatoms. The number of ether oxygens (including phenoxy) is 1. The Hall–Kier alpha value is -1.66. The molecule has 3 aliphatic heterocycles. The number of carbonyl (C=O) groups is 1. The molecule has 148 valence electrons. The van der Waals surface area contributed by atoms with Crippen LogP contribution in [0.5, 0.6) is 0 Å². The lowest BCUT2D eigenvalue weighted by atomic mass is 9.72. The Morgan fingerprint density at radius 2 is 2.04 bits per heavy atom. The minimum atomic E-state index is 0.0125. The first-order valence-electron chi connectivity index (χ1n) is 10.9. The van der Waals surface area contributed by atoms with E-state index in [1.807, 2.05) is 0 Å². The molecule has 3 atom stereocenters. The first kappa shape index (κ1) is 17.2. The summed E-state index contributed by atoms with van der Waals surface area (Å²) in [4.78, 5) is 15.4. The van der Waals surface area contributed by atoms with E-state index in [2.05, 4.69) is 32.8 Å². The lowest BCUT2D eigenvalue weighted by molar-refractivity contribution is -0.0610. The smallest absolute Gasteiger partial charge is 0.271 e. The molecule has 6 aliphatic rings. The Balaban J connectivity index is 1.21. The minimum absolute atomic E-state index is 0.0125. The molecule has 28 heavy (non-hydrogen) atoms. The Kier molecular flexibility index (Phi) is 4.12. The van der Waals surface area contributed by atoms with E-state index in [1.165, 1.54) is 55.7 Å². The van der Waals surface area contributed by atoms with Crippen molar-refractivity contribution in [3.05, 3.63) is 23.9 Å². The number of fused-ring (bicyclic) bond motifs is 7. The molecule has 0 spiro atoms. The molecule has 0 radical (unpaired) electrons. The van der Waals surface area contributed by atoms with Gasteiger partial charge < -0.3 is 15.0 Å². The summed E-state index contributed by atoms with van der Waals surface area (Å²) >= 11 is 1.44. The van der Waals surface area contributed by atoms with E-state index in [9.17, 15) is 4.79 Å². The predicted molar refractivity (Wildman–Crippen MR) is 111 cm³/mol. The zero-order chi connectivity index (χ0) is 18.7. The van der Waals surface area contributed by atoms with Gasteiger partial charge in [0.15, 0.2) is 0 Å². The maximum atomic E-state index is 13.1. The second-order valence-corrected chi connectivity index (χ2v) is 9.91. The summed E-state index contributed by atoms with van der Waals surface area (Å²) in [5.41, 5.74) is 1.79. The highest BCUT2D eigenvalue weighted by molar-refractivity contribution is 7.13. The molecule has 3 saturated heterocycles. The summed E-state index contributed by atoms with van der Waals surface area (Å²) in [5.74, 6) is 1.61. The fourth-order valence-corrected chi connectivity index (χ4v) is 6.61. The molecule has 3 aliphatic carbocycles. The molecule has 1 aromatic heterocycles. The molecular weight excluding hydrogens is 370 g/mol.